The molecule has 0 unspecified atom stereocenters. The third kappa shape index (κ3) is 0.238. The molecule has 56 valence electrons. The molecule has 0 aromatic rings. The molecule has 4 aliphatic carbocycles. The molecular formula is C8H12O2. The average molecular weight is 140 g/mol. The maximum Gasteiger partial charge on any atom is 0.0499 e. The number of aliphatic hydroxyl groups excluding tert-OH is 2. The summed E-state index contributed by atoms with van der Waals surface area (Å²) >= 11 is 0. The minimum Gasteiger partial charge on any atom is -0.396 e. The maximum atomic E-state index is 9.07. The normalized spacial score (nSPS) is 67.8. The summed E-state index contributed by atoms with van der Waals surface area (Å²) in [5.74, 6) is 1.39. The van der Waals surface area contributed by atoms with Gasteiger partial charge in [0.05, 0.1) is 0 Å². The molecule has 4 fully saturated rings. The summed E-state index contributed by atoms with van der Waals surface area (Å²) in [5.41, 5.74) is 0.476. The van der Waals surface area contributed by atoms with Gasteiger partial charge in [-0.25, -0.2) is 0 Å². The Balaban J connectivity index is 1.98. The molecule has 2 bridgehead atoms. The van der Waals surface area contributed by atoms with Crippen molar-refractivity contribution in [3.05, 3.63) is 0 Å². The molecule has 0 amide bonds. The predicted octanol–water partition coefficient (Wildman–Crippen LogP) is -0.00280. The standard InChI is InChI=1S/C8H12O2/c9-3-7-5-1-2-6(7)8(5,7)4-10/h5-6,9-10H,1-4H2. The Bertz CT molecular complexity index is 169. The highest BCUT2D eigenvalue weighted by atomic mass is 16.3. The van der Waals surface area contributed by atoms with Crippen LogP contribution in [0.4, 0.5) is 0 Å². The number of fused-ring (bicyclic) bond motifs is 1. The SMILES string of the molecule is OCC12C3CCC1C32CO. The van der Waals surface area contributed by atoms with Crippen molar-refractivity contribution < 1.29 is 10.2 Å². The van der Waals surface area contributed by atoms with E-state index in [1.807, 2.05) is 0 Å². The van der Waals surface area contributed by atoms with Crippen LogP contribution in [0.1, 0.15) is 12.8 Å². The van der Waals surface area contributed by atoms with Gasteiger partial charge in [0.15, 0.2) is 0 Å². The van der Waals surface area contributed by atoms with Gasteiger partial charge in [0.2, 0.25) is 0 Å². The molecular weight excluding hydrogens is 128 g/mol. The lowest BCUT2D eigenvalue weighted by atomic mass is 10.0. The largest absolute Gasteiger partial charge is 0.396 e. The molecule has 0 radical (unpaired) electrons. The Morgan fingerprint density at radius 2 is 1.40 bits per heavy atom. The Labute approximate surface area is 59.9 Å². The van der Waals surface area contributed by atoms with E-state index in [4.69, 9.17) is 10.2 Å². The summed E-state index contributed by atoms with van der Waals surface area (Å²) < 4.78 is 0. The van der Waals surface area contributed by atoms with E-state index < -0.39 is 0 Å². The maximum absolute atomic E-state index is 9.07. The fourth-order valence-electron chi connectivity index (χ4n) is 3.98. The van der Waals surface area contributed by atoms with Crippen LogP contribution in [0.25, 0.3) is 0 Å². The van der Waals surface area contributed by atoms with E-state index in [1.165, 1.54) is 12.8 Å². The topological polar surface area (TPSA) is 40.5 Å². The predicted molar refractivity (Wildman–Crippen MR) is 35.3 cm³/mol. The number of hydrogen-bond acceptors (Lipinski definition) is 2. The number of hydrogen-bond donors (Lipinski definition) is 2. The molecule has 2 N–H and O–H groups in total. The molecule has 4 rings (SSSR count). The highest BCUT2D eigenvalue weighted by Crippen LogP contribution is 2.99. The monoisotopic (exact) mass is 140 g/mol. The van der Waals surface area contributed by atoms with Gasteiger partial charge in [0.1, 0.15) is 0 Å². The van der Waals surface area contributed by atoms with Gasteiger partial charge < -0.3 is 10.2 Å². The molecule has 10 heavy (non-hydrogen) atoms. The van der Waals surface area contributed by atoms with Crippen molar-refractivity contribution in [2.45, 2.75) is 12.8 Å². The summed E-state index contributed by atoms with van der Waals surface area (Å²) in [6.45, 7) is 0.645. The first-order valence-corrected chi connectivity index (χ1v) is 4.06. The van der Waals surface area contributed by atoms with Crippen LogP contribution in [0.3, 0.4) is 0 Å². The molecule has 2 nitrogen and oxygen atoms in total. The lowest BCUT2D eigenvalue weighted by Crippen LogP contribution is -2.06. The molecule has 0 atom stereocenters. The van der Waals surface area contributed by atoms with Crippen LogP contribution in [0, 0.1) is 22.7 Å². The zero-order valence-electron chi connectivity index (χ0n) is 5.88. The van der Waals surface area contributed by atoms with Crippen molar-refractivity contribution in [2.75, 3.05) is 13.2 Å². The molecule has 0 aromatic carbocycles. The van der Waals surface area contributed by atoms with Crippen molar-refractivity contribution in [1.29, 1.82) is 0 Å². The number of rotatable bonds is 2. The highest BCUT2D eigenvalue weighted by Gasteiger charge is 2.98. The van der Waals surface area contributed by atoms with E-state index in [1.54, 1.807) is 0 Å². The average Bonchev–Trinajstić information content (AvgIpc) is 2.51. The summed E-state index contributed by atoms with van der Waals surface area (Å²) in [7, 11) is 0. The van der Waals surface area contributed by atoms with E-state index in [0.717, 1.165) is 0 Å². The van der Waals surface area contributed by atoms with Crippen LogP contribution in [0.15, 0.2) is 0 Å². The van der Waals surface area contributed by atoms with Gasteiger partial charge in [0.25, 0.3) is 0 Å². The van der Waals surface area contributed by atoms with Crippen molar-refractivity contribution >= 4 is 0 Å². The first kappa shape index (κ1) is 5.56. The van der Waals surface area contributed by atoms with Crippen LogP contribution in [-0.4, -0.2) is 23.4 Å². The summed E-state index contributed by atoms with van der Waals surface area (Å²) in [4.78, 5) is 0. The van der Waals surface area contributed by atoms with Crippen molar-refractivity contribution in [3.63, 3.8) is 0 Å². The molecule has 0 aliphatic heterocycles. The van der Waals surface area contributed by atoms with Crippen LogP contribution in [0.5, 0.6) is 0 Å². The van der Waals surface area contributed by atoms with Gasteiger partial charge >= 0.3 is 0 Å². The smallest absolute Gasteiger partial charge is 0.0499 e. The van der Waals surface area contributed by atoms with Crippen molar-refractivity contribution in [1.82, 2.24) is 0 Å². The Kier molecular flexibility index (Phi) is 0.647. The fraction of sp³-hybridized carbons (Fsp3) is 1.00. The van der Waals surface area contributed by atoms with Gasteiger partial charge in [0, 0.05) is 24.0 Å². The van der Waals surface area contributed by atoms with Gasteiger partial charge in [-0.05, 0) is 24.7 Å². The van der Waals surface area contributed by atoms with Crippen LogP contribution < -0.4 is 0 Å². The second-order valence-corrected chi connectivity index (χ2v) is 4.08. The quantitative estimate of drug-likeness (QED) is 0.566. The molecule has 4 aliphatic rings. The van der Waals surface area contributed by atoms with Crippen LogP contribution in [0.2, 0.25) is 0 Å². The Morgan fingerprint density at radius 1 is 1.00 bits per heavy atom. The molecule has 0 heterocycles. The van der Waals surface area contributed by atoms with E-state index in [0.29, 0.717) is 25.0 Å². The first-order valence-electron chi connectivity index (χ1n) is 4.06. The van der Waals surface area contributed by atoms with Crippen LogP contribution >= 0.6 is 0 Å². The molecule has 0 aromatic heterocycles. The molecule has 0 spiro atoms. The highest BCUT2D eigenvalue weighted by molar-refractivity contribution is 5.45. The zero-order valence-corrected chi connectivity index (χ0v) is 5.88. The van der Waals surface area contributed by atoms with E-state index in [9.17, 15) is 0 Å². The molecule has 0 saturated heterocycles. The lowest BCUT2D eigenvalue weighted by molar-refractivity contribution is 0.217. The zero-order chi connectivity index (χ0) is 6.98. The van der Waals surface area contributed by atoms with Crippen molar-refractivity contribution in [3.8, 4) is 0 Å². The first-order chi connectivity index (χ1) is 4.84. The third-order valence-corrected chi connectivity index (χ3v) is 4.45. The van der Waals surface area contributed by atoms with Crippen LogP contribution in [-0.2, 0) is 0 Å². The Hall–Kier alpha value is -0.0800. The van der Waals surface area contributed by atoms with Gasteiger partial charge in [-0.15, -0.1) is 0 Å². The molecule has 4 saturated carbocycles. The molecule has 2 heteroatoms. The second kappa shape index (κ2) is 1.16. The lowest BCUT2D eigenvalue weighted by Gasteiger charge is -2.04. The number of aliphatic hydroxyl groups is 2. The minimum absolute atomic E-state index is 0.238. The van der Waals surface area contributed by atoms with Gasteiger partial charge in [-0.2, -0.15) is 0 Å². The van der Waals surface area contributed by atoms with E-state index in [2.05, 4.69) is 0 Å². The van der Waals surface area contributed by atoms with Gasteiger partial charge in [-0.3, -0.25) is 0 Å². The van der Waals surface area contributed by atoms with Crippen molar-refractivity contribution in [2.24, 2.45) is 22.7 Å². The second-order valence-electron chi connectivity index (χ2n) is 4.08. The van der Waals surface area contributed by atoms with E-state index in [-0.39, 0.29) is 10.8 Å². The summed E-state index contributed by atoms with van der Waals surface area (Å²) in [5, 5.41) is 18.1. The summed E-state index contributed by atoms with van der Waals surface area (Å²) in [6, 6.07) is 0. The Morgan fingerprint density at radius 3 is 1.60 bits per heavy atom. The fourth-order valence-corrected chi connectivity index (χ4v) is 3.98. The summed E-state index contributed by atoms with van der Waals surface area (Å²) in [6.07, 6.45) is 2.51. The van der Waals surface area contributed by atoms with E-state index >= 15 is 0 Å². The van der Waals surface area contributed by atoms with Gasteiger partial charge in [-0.1, -0.05) is 0 Å². The minimum atomic E-state index is 0.238. The third-order valence-electron chi connectivity index (χ3n) is 4.45.